The van der Waals surface area contributed by atoms with Gasteiger partial charge in [0.05, 0.1) is 35.3 Å². The molecule has 0 aromatic heterocycles. The number of nitrogens with one attached hydrogen (secondary N) is 1. The van der Waals surface area contributed by atoms with Gasteiger partial charge in [-0.25, -0.2) is 0 Å². The lowest BCUT2D eigenvalue weighted by molar-refractivity contribution is -0.152. The Morgan fingerprint density at radius 3 is 1.80 bits per heavy atom. The summed E-state index contributed by atoms with van der Waals surface area (Å²) in [5.41, 5.74) is -2.18. The zero-order valence-electron chi connectivity index (χ0n) is 20.1. The molecule has 2 bridgehead atoms. The molecule has 5 amide bonds. The summed E-state index contributed by atoms with van der Waals surface area (Å²) in [5, 5.41) is 13.8. The summed E-state index contributed by atoms with van der Waals surface area (Å²) in [7, 11) is 0. The number of hydrogen-bond donors (Lipinski definition) is 2. The number of likely N-dealkylation sites (tertiary alicyclic amines) is 2. The van der Waals surface area contributed by atoms with E-state index in [2.05, 4.69) is 5.32 Å². The smallest absolute Gasteiger partial charge is 0.252 e. The molecule has 3 aliphatic carbocycles. The SMILES string of the molecule is CCN1C(=O)[C@@H]2[C@H](C1=O)C1(NC(=O)c3ccccc3)C=C(C(C)O)C2(C)[C@H]2C(=O)N(CC)C(=O)[C@H]21. The Labute approximate surface area is 203 Å². The van der Waals surface area contributed by atoms with Crippen LogP contribution in [0.15, 0.2) is 42.0 Å². The maximum atomic E-state index is 13.7. The van der Waals surface area contributed by atoms with E-state index in [1.54, 1.807) is 57.2 Å². The van der Waals surface area contributed by atoms with Crippen LogP contribution in [0.25, 0.3) is 0 Å². The number of carbonyl (C=O) groups is 5. The molecule has 1 aromatic carbocycles. The molecule has 0 radical (unpaired) electrons. The van der Waals surface area contributed by atoms with E-state index in [0.29, 0.717) is 11.1 Å². The van der Waals surface area contributed by atoms with Crippen molar-refractivity contribution in [1.29, 1.82) is 0 Å². The molecule has 5 aliphatic rings. The second-order valence-corrected chi connectivity index (χ2v) is 10.1. The van der Waals surface area contributed by atoms with Gasteiger partial charge in [-0.2, -0.15) is 0 Å². The molecule has 3 unspecified atom stereocenters. The van der Waals surface area contributed by atoms with Crippen molar-refractivity contribution in [3.8, 4) is 0 Å². The molecule has 2 saturated heterocycles. The minimum atomic E-state index is -1.64. The first-order chi connectivity index (χ1) is 16.6. The minimum absolute atomic E-state index is 0.131. The van der Waals surface area contributed by atoms with E-state index in [9.17, 15) is 29.1 Å². The third-order valence-corrected chi connectivity index (χ3v) is 8.58. The van der Waals surface area contributed by atoms with E-state index in [4.69, 9.17) is 0 Å². The summed E-state index contributed by atoms with van der Waals surface area (Å²) in [4.78, 5) is 70.4. The first-order valence-electron chi connectivity index (χ1n) is 12.1. The van der Waals surface area contributed by atoms with Crippen LogP contribution in [-0.4, -0.2) is 69.2 Å². The molecule has 184 valence electrons. The number of rotatable bonds is 5. The van der Waals surface area contributed by atoms with Gasteiger partial charge in [0.15, 0.2) is 0 Å². The van der Waals surface area contributed by atoms with E-state index in [1.165, 1.54) is 6.92 Å². The fourth-order valence-corrected chi connectivity index (χ4v) is 7.21. The Kier molecular flexibility index (Phi) is 5.07. The van der Waals surface area contributed by atoms with Gasteiger partial charge in [-0.1, -0.05) is 31.2 Å². The number of aliphatic hydroxyl groups excluding tert-OH is 1. The summed E-state index contributed by atoms with van der Waals surface area (Å²) in [6, 6.07) is 8.36. The highest BCUT2D eigenvalue weighted by molar-refractivity contribution is 6.13. The van der Waals surface area contributed by atoms with Gasteiger partial charge >= 0.3 is 0 Å². The van der Waals surface area contributed by atoms with Crippen molar-refractivity contribution in [1.82, 2.24) is 15.1 Å². The number of hydrogen-bond acceptors (Lipinski definition) is 6. The van der Waals surface area contributed by atoms with Gasteiger partial charge in [0.25, 0.3) is 5.91 Å². The number of nitrogens with zero attached hydrogens (tertiary/aromatic N) is 2. The number of amides is 5. The van der Waals surface area contributed by atoms with Crippen LogP contribution in [-0.2, 0) is 19.2 Å². The number of aliphatic hydroxyl groups is 1. The molecule has 3 fully saturated rings. The van der Waals surface area contributed by atoms with E-state index in [1.807, 2.05) is 0 Å². The highest BCUT2D eigenvalue weighted by Gasteiger charge is 2.80. The third kappa shape index (κ3) is 2.70. The topological polar surface area (TPSA) is 124 Å². The summed E-state index contributed by atoms with van der Waals surface area (Å²) < 4.78 is 0. The fraction of sp³-hybridized carbons (Fsp3) is 0.500. The van der Waals surface area contributed by atoms with Crippen LogP contribution >= 0.6 is 0 Å². The summed E-state index contributed by atoms with van der Waals surface area (Å²) in [6.45, 7) is 6.87. The van der Waals surface area contributed by atoms with Crippen LogP contribution in [0.5, 0.6) is 0 Å². The molecule has 2 N–H and O–H groups in total. The van der Waals surface area contributed by atoms with Crippen molar-refractivity contribution in [2.75, 3.05) is 13.1 Å². The van der Waals surface area contributed by atoms with Gasteiger partial charge in [0.2, 0.25) is 23.6 Å². The first kappa shape index (κ1) is 23.4. The molecule has 9 nitrogen and oxygen atoms in total. The van der Waals surface area contributed by atoms with E-state index < -0.39 is 70.3 Å². The Bertz CT molecular complexity index is 1140. The van der Waals surface area contributed by atoms with Crippen LogP contribution in [0, 0.1) is 29.1 Å². The van der Waals surface area contributed by atoms with Crippen LogP contribution < -0.4 is 5.32 Å². The van der Waals surface area contributed by atoms with Crippen LogP contribution in [0.2, 0.25) is 0 Å². The number of imide groups is 2. The van der Waals surface area contributed by atoms with Gasteiger partial charge in [-0.05, 0) is 38.5 Å². The van der Waals surface area contributed by atoms with Crippen molar-refractivity contribution in [2.45, 2.75) is 39.3 Å². The molecule has 1 saturated carbocycles. The predicted octanol–water partition coefficient (Wildman–Crippen LogP) is 0.738. The summed E-state index contributed by atoms with van der Waals surface area (Å²) in [6.07, 6.45) is 0.544. The molecule has 7 atom stereocenters. The molecule has 35 heavy (non-hydrogen) atoms. The minimum Gasteiger partial charge on any atom is -0.389 e. The van der Waals surface area contributed by atoms with E-state index >= 15 is 0 Å². The maximum absolute atomic E-state index is 13.7. The van der Waals surface area contributed by atoms with Crippen molar-refractivity contribution in [3.63, 3.8) is 0 Å². The van der Waals surface area contributed by atoms with Gasteiger partial charge in [0, 0.05) is 24.1 Å². The molecule has 1 aromatic rings. The molecule has 2 heterocycles. The monoisotopic (exact) mass is 479 g/mol. The second-order valence-electron chi connectivity index (χ2n) is 10.1. The maximum Gasteiger partial charge on any atom is 0.252 e. The Morgan fingerprint density at radius 1 is 0.914 bits per heavy atom. The molecular weight excluding hydrogens is 450 g/mol. The predicted molar refractivity (Wildman–Crippen MR) is 123 cm³/mol. The fourth-order valence-electron chi connectivity index (χ4n) is 7.21. The number of benzene rings is 1. The molecule has 0 spiro atoms. The molecule has 2 aliphatic heterocycles. The molecule has 6 rings (SSSR count). The number of carbonyl (C=O) groups excluding carboxylic acids is 5. The van der Waals surface area contributed by atoms with E-state index in [-0.39, 0.29) is 13.1 Å². The van der Waals surface area contributed by atoms with Crippen LogP contribution in [0.4, 0.5) is 0 Å². The standard InChI is InChI=1S/C26H29N3O6/c1-5-28-21(32)16-18(23(28)34)26(27-20(31)14-10-8-7-9-11-14)12-15(13(3)30)25(16,4)17-19(26)24(35)29(6-2)22(17)33/h7-13,16-19,30H,5-6H2,1-4H3,(H,27,31)/t13?,16-,17+,18+,19-,25?,26?. The van der Waals surface area contributed by atoms with Crippen LogP contribution in [0.1, 0.15) is 38.1 Å². The lowest BCUT2D eigenvalue weighted by Crippen LogP contribution is -2.73. The van der Waals surface area contributed by atoms with Gasteiger partial charge in [-0.15, -0.1) is 0 Å². The summed E-state index contributed by atoms with van der Waals surface area (Å²) in [5.74, 6) is -6.47. The largest absolute Gasteiger partial charge is 0.389 e. The normalized spacial score (nSPS) is 36.3. The Morgan fingerprint density at radius 2 is 1.37 bits per heavy atom. The van der Waals surface area contributed by atoms with Crippen molar-refractivity contribution in [2.24, 2.45) is 29.1 Å². The summed E-state index contributed by atoms with van der Waals surface area (Å²) >= 11 is 0. The zero-order chi connectivity index (χ0) is 25.4. The lowest BCUT2D eigenvalue weighted by atomic mass is 9.41. The van der Waals surface area contributed by atoms with E-state index in [0.717, 1.165) is 9.80 Å². The van der Waals surface area contributed by atoms with Crippen molar-refractivity contribution in [3.05, 3.63) is 47.5 Å². The zero-order valence-corrected chi connectivity index (χ0v) is 20.1. The first-order valence-corrected chi connectivity index (χ1v) is 12.1. The molecular formula is C26H29N3O6. The average molecular weight is 480 g/mol. The molecule has 9 heteroatoms. The van der Waals surface area contributed by atoms with Crippen LogP contribution in [0.3, 0.4) is 0 Å². The van der Waals surface area contributed by atoms with Crippen molar-refractivity contribution >= 4 is 29.5 Å². The Balaban J connectivity index is 1.80. The average Bonchev–Trinajstić information content (AvgIpc) is 3.26. The van der Waals surface area contributed by atoms with Gasteiger partial charge in [-0.3, -0.25) is 33.8 Å². The second kappa shape index (κ2) is 7.58. The highest BCUT2D eigenvalue weighted by atomic mass is 16.3. The van der Waals surface area contributed by atoms with Gasteiger partial charge < -0.3 is 10.4 Å². The lowest BCUT2D eigenvalue weighted by Gasteiger charge is -2.61. The van der Waals surface area contributed by atoms with Crippen molar-refractivity contribution < 1.29 is 29.1 Å². The van der Waals surface area contributed by atoms with Gasteiger partial charge in [0.1, 0.15) is 0 Å². The third-order valence-electron chi connectivity index (χ3n) is 8.58. The quantitative estimate of drug-likeness (QED) is 0.474. The highest BCUT2D eigenvalue weighted by Crippen LogP contribution is 2.68. The Hall–Kier alpha value is -3.33.